The maximum absolute atomic E-state index is 13.2. The van der Waals surface area contributed by atoms with Gasteiger partial charge in [-0.2, -0.15) is 0 Å². The minimum Gasteiger partial charge on any atom is -0.460 e. The molecule has 20 aliphatic carbocycles. The van der Waals surface area contributed by atoms with Gasteiger partial charge in [-0.05, 0) is 393 Å². The smallest absolute Gasteiger partial charge is 0.309 e. The van der Waals surface area contributed by atoms with Gasteiger partial charge < -0.3 is 23.7 Å². The third-order valence-electron chi connectivity index (χ3n) is 37.1. The van der Waals surface area contributed by atoms with E-state index in [1.54, 1.807) is 0 Å². The van der Waals surface area contributed by atoms with Crippen LogP contribution in [0.3, 0.4) is 0 Å². The fourth-order valence-corrected chi connectivity index (χ4v) is 30.0. The van der Waals surface area contributed by atoms with Crippen LogP contribution in [-0.2, 0) is 47.7 Å². The first-order valence-electron chi connectivity index (χ1n) is 44.8. The number of rotatable bonds is 11. The molecule has 630 valence electrons. The van der Waals surface area contributed by atoms with E-state index in [1.807, 2.05) is 20.8 Å². The average molecular weight is 1520 g/mol. The van der Waals surface area contributed by atoms with Crippen LogP contribution in [-0.4, -0.2) is 57.9 Å². The molecule has 20 saturated carbocycles. The quantitative estimate of drug-likeness (QED) is 0.145. The van der Waals surface area contributed by atoms with Gasteiger partial charge in [0.25, 0.3) is 0 Å². The SMILES string of the molecule is C.C.C.C.C.C.CC1C2CC(C(=O)OC(C)(C)C)C(C2)C1C.CC1C2CC(C(=O)OC(C)(C)C3CCCCC3)C(C2)C1C.CC1C2CC(C(=O)OC3(C)C4CC5CC(C4)CC3C5)C(C2)C1C.CC1C2CC(C(=O)OC3(C)CCCCC3)C(C2)C1C.CCC1(OC(=O)C2CC3CC2C(C)C3C)C2CC3CC(C2)CC1C3. The van der Waals surface area contributed by atoms with Crippen molar-refractivity contribution in [3.05, 3.63) is 0 Å². The Morgan fingerprint density at radius 1 is 0.321 bits per heavy atom. The summed E-state index contributed by atoms with van der Waals surface area (Å²) in [6.45, 7) is 40.4. The molecule has 20 fully saturated rings. The van der Waals surface area contributed by atoms with Crippen LogP contribution in [0.25, 0.3) is 0 Å². The fourth-order valence-electron chi connectivity index (χ4n) is 30.0. The van der Waals surface area contributed by atoms with Crippen LogP contribution in [0.2, 0.25) is 0 Å². The second kappa shape index (κ2) is 35.3. The summed E-state index contributed by atoms with van der Waals surface area (Å²) in [7, 11) is 0. The van der Waals surface area contributed by atoms with Crippen molar-refractivity contribution in [3.63, 3.8) is 0 Å². The number of hydrogen-bond donors (Lipinski definition) is 0. The van der Waals surface area contributed by atoms with E-state index in [0.717, 1.165) is 134 Å². The van der Waals surface area contributed by atoms with Crippen molar-refractivity contribution in [2.45, 2.75) is 396 Å². The van der Waals surface area contributed by atoms with Crippen molar-refractivity contribution in [2.75, 3.05) is 0 Å². The van der Waals surface area contributed by atoms with Crippen LogP contribution in [0, 0.1) is 201 Å². The first-order valence-corrected chi connectivity index (χ1v) is 44.8. The zero-order valence-corrected chi connectivity index (χ0v) is 68.6. The van der Waals surface area contributed by atoms with E-state index in [-0.39, 0.29) is 132 Å². The van der Waals surface area contributed by atoms with Crippen molar-refractivity contribution >= 4 is 29.8 Å². The van der Waals surface area contributed by atoms with Crippen molar-refractivity contribution in [1.82, 2.24) is 0 Å². The Morgan fingerprint density at radius 3 is 0.908 bits per heavy atom. The second-order valence-electron chi connectivity index (χ2n) is 43.4. The molecule has 0 aromatic heterocycles. The van der Waals surface area contributed by atoms with Crippen LogP contribution in [0.4, 0.5) is 0 Å². The van der Waals surface area contributed by atoms with E-state index < -0.39 is 0 Å². The molecule has 0 aromatic carbocycles. The number of ether oxygens (including phenoxy) is 5. The predicted octanol–water partition coefficient (Wildman–Crippen LogP) is 25.8. The summed E-state index contributed by atoms with van der Waals surface area (Å²) in [6.07, 6.45) is 38.6. The van der Waals surface area contributed by atoms with Gasteiger partial charge in [0.2, 0.25) is 0 Å². The lowest BCUT2D eigenvalue weighted by Gasteiger charge is -2.60. The molecule has 10 heteroatoms. The first-order chi connectivity index (χ1) is 48.7. The average Bonchev–Trinajstić information content (AvgIpc) is 1.71. The fraction of sp³-hybridized carbons (Fsp3) is 0.949. The van der Waals surface area contributed by atoms with Gasteiger partial charge in [0.05, 0.1) is 29.6 Å². The molecule has 0 heterocycles. The summed E-state index contributed by atoms with van der Waals surface area (Å²) in [5.74, 6) is 22.9. The van der Waals surface area contributed by atoms with Crippen molar-refractivity contribution in [3.8, 4) is 0 Å². The summed E-state index contributed by atoms with van der Waals surface area (Å²) in [4.78, 5) is 63.6. The number of fused-ring (bicyclic) bond motifs is 10. The molecule has 0 amide bonds. The first kappa shape index (κ1) is 91.9. The lowest BCUT2D eigenvalue weighted by atomic mass is 9.49. The highest BCUT2D eigenvalue weighted by Crippen LogP contribution is 2.65. The molecule has 25 atom stereocenters. The lowest BCUT2D eigenvalue weighted by molar-refractivity contribution is -0.216. The Hall–Kier alpha value is -2.65. The molecule has 0 aliphatic heterocycles. The Labute approximate surface area is 671 Å². The number of carbonyl (C=O) groups excluding carboxylic acids is 5. The van der Waals surface area contributed by atoms with Gasteiger partial charge in [-0.25, -0.2) is 0 Å². The Bertz CT molecular complexity index is 2950. The van der Waals surface area contributed by atoms with Gasteiger partial charge in [-0.1, -0.05) is 146 Å². The van der Waals surface area contributed by atoms with Crippen LogP contribution in [0.5, 0.6) is 0 Å². The molecule has 10 nitrogen and oxygen atoms in total. The van der Waals surface area contributed by atoms with Gasteiger partial charge in [-0.15, -0.1) is 0 Å². The minimum absolute atomic E-state index is 0. The van der Waals surface area contributed by atoms with Crippen molar-refractivity contribution in [2.24, 2.45) is 201 Å². The molecule has 109 heavy (non-hydrogen) atoms. The van der Waals surface area contributed by atoms with Crippen LogP contribution < -0.4 is 0 Å². The van der Waals surface area contributed by atoms with E-state index in [0.29, 0.717) is 88.8 Å². The normalized spacial score (nSPS) is 47.0. The molecule has 20 rings (SSSR count). The van der Waals surface area contributed by atoms with Crippen LogP contribution in [0.15, 0.2) is 0 Å². The van der Waals surface area contributed by atoms with E-state index in [2.05, 4.69) is 104 Å². The Morgan fingerprint density at radius 2 is 0.606 bits per heavy atom. The predicted molar refractivity (Wildman–Crippen MR) is 448 cm³/mol. The zero-order valence-electron chi connectivity index (χ0n) is 68.6. The summed E-state index contributed by atoms with van der Waals surface area (Å²) in [6, 6.07) is 0. The van der Waals surface area contributed by atoms with E-state index >= 15 is 0 Å². The van der Waals surface area contributed by atoms with Crippen LogP contribution >= 0.6 is 0 Å². The highest BCUT2D eigenvalue weighted by Gasteiger charge is 2.63. The molecular weight excluding hydrogens is 1350 g/mol. The lowest BCUT2D eigenvalue weighted by Crippen LogP contribution is -2.60. The highest BCUT2D eigenvalue weighted by atomic mass is 16.6. The standard InChI is InChI=1S/C22H34O2.C21H32O2.C19H32O2.C17H28O2.C14H24O2.6CH4/c1-4-22(17-6-14-5-15(8-17)9-18(22)7-14)24-21(23)20-11-16-10-19(20)13(3)12(16)2;1-11-12(2)18-9-15(11)10-19(18)20(22)23-21(3)16-5-13-4-14(7-16)8-17(21)6-13;1-12-13(2)16-10-14(12)11-17(16)18(20)21-19(3,4)15-8-6-5-7-9-15;1-11-12(2)14-9-13(11)10-15(14)16(18)19-17(3)7-5-4-6-8-17;1-8-9(2)11-6-10(8)7-12(11)13(15)16-14(3,4)5;;;;;;/h12-20H,4-11H2,1-3H3;11-19H,4-10H2,1-3H3;12-17H,5-11H2,1-4H3;11-15H,4-10H2,1-3H3;8-12H,6-7H2,1-5H3;6*1H4. The number of hydrogen-bond acceptors (Lipinski definition) is 10. The molecule has 0 saturated heterocycles. The second-order valence-corrected chi connectivity index (χ2v) is 43.4. The van der Waals surface area contributed by atoms with Gasteiger partial charge in [-0.3, -0.25) is 24.0 Å². The summed E-state index contributed by atoms with van der Waals surface area (Å²) in [5.41, 5.74) is -1.00. The maximum atomic E-state index is 13.2. The molecule has 0 aromatic rings. The molecule has 18 bridgehead atoms. The molecule has 0 spiro atoms. The van der Waals surface area contributed by atoms with Gasteiger partial charge in [0.1, 0.15) is 28.0 Å². The third-order valence-corrected chi connectivity index (χ3v) is 37.1. The van der Waals surface area contributed by atoms with E-state index in [9.17, 15) is 24.0 Å². The molecule has 20 aliphatic rings. The van der Waals surface area contributed by atoms with Crippen molar-refractivity contribution < 1.29 is 47.7 Å². The van der Waals surface area contributed by atoms with Crippen molar-refractivity contribution in [1.29, 1.82) is 0 Å². The molecular formula is C99H174O10. The zero-order chi connectivity index (χ0) is 73.5. The Balaban J connectivity index is 0.000000170. The summed E-state index contributed by atoms with van der Waals surface area (Å²) >= 11 is 0. The highest BCUT2D eigenvalue weighted by molar-refractivity contribution is 5.76. The topological polar surface area (TPSA) is 132 Å². The minimum atomic E-state index is -0.340. The Kier molecular flexibility index (Phi) is 29.7. The molecule has 25 unspecified atom stereocenters. The van der Waals surface area contributed by atoms with Gasteiger partial charge in [0.15, 0.2) is 0 Å². The summed E-state index contributed by atoms with van der Waals surface area (Å²) in [5, 5.41) is 0. The largest absolute Gasteiger partial charge is 0.460 e. The van der Waals surface area contributed by atoms with Crippen LogP contribution in [0.1, 0.15) is 368 Å². The van der Waals surface area contributed by atoms with E-state index in [1.165, 1.54) is 148 Å². The number of esters is 5. The van der Waals surface area contributed by atoms with E-state index in [4.69, 9.17) is 23.7 Å². The third kappa shape index (κ3) is 17.5. The molecule has 0 radical (unpaired) electrons. The van der Waals surface area contributed by atoms with Gasteiger partial charge >= 0.3 is 29.8 Å². The van der Waals surface area contributed by atoms with Gasteiger partial charge in [0, 0.05) is 0 Å². The maximum Gasteiger partial charge on any atom is 0.309 e. The monoisotopic (exact) mass is 1520 g/mol. The molecule has 0 N–H and O–H groups in total. The summed E-state index contributed by atoms with van der Waals surface area (Å²) < 4.78 is 30.5. The number of carbonyl (C=O) groups is 5.